The van der Waals surface area contributed by atoms with Gasteiger partial charge in [-0.25, -0.2) is 4.98 Å². The summed E-state index contributed by atoms with van der Waals surface area (Å²) in [4.78, 5) is 16.4. The molecule has 0 fully saturated rings. The van der Waals surface area contributed by atoms with E-state index in [2.05, 4.69) is 10.3 Å². The minimum Gasteiger partial charge on any atom is -0.309 e. The Labute approximate surface area is 132 Å². The first-order valence-electron chi connectivity index (χ1n) is 7.31. The zero-order valence-electron chi connectivity index (χ0n) is 14.1. The van der Waals surface area contributed by atoms with E-state index in [1.165, 1.54) is 0 Å². The summed E-state index contributed by atoms with van der Waals surface area (Å²) in [5, 5.41) is 3.00. The molecule has 0 aliphatic carbocycles. The number of aryl methyl sites for hydroxylation is 1. The number of hydrogen-bond acceptors (Lipinski definition) is 5. The number of carbonyl (C=O) groups excluding carboxylic acids is 1. The van der Waals surface area contributed by atoms with E-state index >= 15 is 0 Å². The summed E-state index contributed by atoms with van der Waals surface area (Å²) in [5.41, 5.74) is 0.216. The summed E-state index contributed by atoms with van der Waals surface area (Å²) in [6.45, 7) is 11.1. The Hall–Kier alpha value is -1.23. The van der Waals surface area contributed by atoms with Crippen LogP contribution in [-0.4, -0.2) is 24.1 Å². The van der Waals surface area contributed by atoms with Crippen molar-refractivity contribution in [1.82, 2.24) is 4.98 Å². The zero-order valence-corrected chi connectivity index (χ0v) is 15.0. The van der Waals surface area contributed by atoms with E-state index in [1.54, 1.807) is 46.9 Å². The Morgan fingerprint density at radius 1 is 1.27 bits per heavy atom. The van der Waals surface area contributed by atoms with Crippen LogP contribution < -0.4 is 10.6 Å². The predicted octanol–water partition coefficient (Wildman–Crippen LogP) is 3.27. The Bertz CT molecular complexity index is 571. The lowest BCUT2D eigenvalue weighted by atomic mass is 9.96. The van der Waals surface area contributed by atoms with Gasteiger partial charge in [-0.1, -0.05) is 20.8 Å². The van der Waals surface area contributed by atoms with Crippen LogP contribution >= 0.6 is 7.60 Å². The van der Waals surface area contributed by atoms with Crippen LogP contribution in [0.15, 0.2) is 12.3 Å². The summed E-state index contributed by atoms with van der Waals surface area (Å²) in [6.07, 6.45) is 1.60. The van der Waals surface area contributed by atoms with Gasteiger partial charge in [-0.15, -0.1) is 0 Å². The van der Waals surface area contributed by atoms with Gasteiger partial charge < -0.3 is 14.4 Å². The Morgan fingerprint density at radius 2 is 1.82 bits per heavy atom. The highest BCUT2D eigenvalue weighted by Gasteiger charge is 2.32. The number of aromatic nitrogens is 1. The molecule has 7 heteroatoms. The van der Waals surface area contributed by atoms with Gasteiger partial charge >= 0.3 is 7.60 Å². The molecule has 1 N–H and O–H groups in total. The highest BCUT2D eigenvalue weighted by molar-refractivity contribution is 7.62. The number of carbonyl (C=O) groups is 1. The molecule has 1 rings (SSSR count). The lowest BCUT2D eigenvalue weighted by molar-refractivity contribution is -0.123. The number of anilines is 1. The van der Waals surface area contributed by atoms with Crippen molar-refractivity contribution in [3.05, 3.63) is 17.8 Å². The fourth-order valence-corrected chi connectivity index (χ4v) is 3.44. The summed E-state index contributed by atoms with van der Waals surface area (Å²) < 4.78 is 23.7. The van der Waals surface area contributed by atoms with Gasteiger partial charge in [-0.2, -0.15) is 0 Å². The third-order valence-electron chi connectivity index (χ3n) is 2.81. The average Bonchev–Trinajstić information content (AvgIpc) is 2.40. The highest BCUT2D eigenvalue weighted by Crippen LogP contribution is 2.48. The van der Waals surface area contributed by atoms with Crippen LogP contribution in [0, 0.1) is 12.3 Å². The molecule has 22 heavy (non-hydrogen) atoms. The first-order valence-corrected chi connectivity index (χ1v) is 8.86. The average molecular weight is 328 g/mol. The van der Waals surface area contributed by atoms with E-state index < -0.39 is 13.0 Å². The molecule has 0 radical (unpaired) electrons. The second-order valence-electron chi connectivity index (χ2n) is 5.92. The molecule has 0 bridgehead atoms. The van der Waals surface area contributed by atoms with Gasteiger partial charge in [-0.05, 0) is 32.4 Å². The fourth-order valence-electron chi connectivity index (χ4n) is 1.67. The van der Waals surface area contributed by atoms with Crippen LogP contribution in [0.3, 0.4) is 0 Å². The van der Waals surface area contributed by atoms with Crippen molar-refractivity contribution < 1.29 is 18.4 Å². The maximum absolute atomic E-state index is 13.0. The second-order valence-corrected chi connectivity index (χ2v) is 7.91. The quantitative estimate of drug-likeness (QED) is 0.811. The zero-order chi connectivity index (χ0) is 17.0. The van der Waals surface area contributed by atoms with Gasteiger partial charge in [0, 0.05) is 11.6 Å². The maximum Gasteiger partial charge on any atom is 0.365 e. The molecule has 0 atom stereocenters. The molecule has 0 aromatic carbocycles. The number of hydrogen-bond donors (Lipinski definition) is 1. The minimum absolute atomic E-state index is 0.218. The van der Waals surface area contributed by atoms with Crippen LogP contribution in [0.1, 0.15) is 40.2 Å². The van der Waals surface area contributed by atoms with Crippen molar-refractivity contribution in [3.8, 4) is 0 Å². The molecule has 124 valence electrons. The predicted molar refractivity (Wildman–Crippen MR) is 87.6 cm³/mol. The summed E-state index contributed by atoms with van der Waals surface area (Å²) in [7, 11) is -3.52. The van der Waals surface area contributed by atoms with Gasteiger partial charge in [-0.3, -0.25) is 9.36 Å². The minimum atomic E-state index is -3.52. The second kappa shape index (κ2) is 7.36. The fraction of sp³-hybridized carbons (Fsp3) is 0.600. The summed E-state index contributed by atoms with van der Waals surface area (Å²) >= 11 is 0. The van der Waals surface area contributed by atoms with E-state index in [0.717, 1.165) is 5.56 Å². The van der Waals surface area contributed by atoms with Gasteiger partial charge in [0.25, 0.3) is 0 Å². The highest BCUT2D eigenvalue weighted by atomic mass is 31.2. The molecule has 1 amide bonds. The molecule has 0 unspecified atom stereocenters. The molecule has 0 saturated heterocycles. The van der Waals surface area contributed by atoms with Gasteiger partial charge in [0.2, 0.25) is 5.91 Å². The van der Waals surface area contributed by atoms with Crippen molar-refractivity contribution in [2.24, 2.45) is 5.41 Å². The lowest BCUT2D eigenvalue weighted by Crippen LogP contribution is -2.31. The van der Waals surface area contributed by atoms with Crippen LogP contribution in [0.5, 0.6) is 0 Å². The Kier molecular flexibility index (Phi) is 6.29. The van der Waals surface area contributed by atoms with E-state index in [1.807, 2.05) is 6.92 Å². The van der Waals surface area contributed by atoms with Gasteiger partial charge in [0.15, 0.2) is 0 Å². The molecule has 0 aliphatic rings. The van der Waals surface area contributed by atoms with Crippen molar-refractivity contribution in [2.45, 2.75) is 41.5 Å². The summed E-state index contributed by atoms with van der Waals surface area (Å²) in [6, 6.07) is 1.68. The monoisotopic (exact) mass is 328 g/mol. The molecular weight excluding hydrogens is 303 g/mol. The third-order valence-corrected chi connectivity index (χ3v) is 4.94. The number of nitrogens with zero attached hydrogens (tertiary/aromatic N) is 1. The summed E-state index contributed by atoms with van der Waals surface area (Å²) in [5.74, 6) is 0.000378. The molecule has 0 spiro atoms. The first-order chi connectivity index (χ1) is 10.1. The topological polar surface area (TPSA) is 77.5 Å². The van der Waals surface area contributed by atoms with Gasteiger partial charge in [0.1, 0.15) is 11.1 Å². The van der Waals surface area contributed by atoms with Crippen LogP contribution in [0.4, 0.5) is 5.82 Å². The molecule has 1 aromatic rings. The SMILES string of the molecule is CCOP(=O)(OCC)c1cc(C)cnc1NC(=O)C(C)(C)C. The van der Waals surface area contributed by atoms with Crippen LogP contribution in [0.2, 0.25) is 0 Å². The van der Waals surface area contributed by atoms with E-state index in [0.29, 0.717) is 0 Å². The van der Waals surface area contributed by atoms with E-state index in [4.69, 9.17) is 9.05 Å². The number of nitrogens with one attached hydrogen (secondary N) is 1. The molecule has 1 heterocycles. The Balaban J connectivity index is 3.31. The normalized spacial score (nSPS) is 12.3. The van der Waals surface area contributed by atoms with E-state index in [9.17, 15) is 9.36 Å². The van der Waals surface area contributed by atoms with Gasteiger partial charge in [0.05, 0.1) is 13.2 Å². The van der Waals surface area contributed by atoms with Crippen LogP contribution in [-0.2, 0) is 18.4 Å². The molecular formula is C15H25N2O4P. The standard InChI is InChI=1S/C15H25N2O4P/c1-7-20-22(19,21-8-2)12-9-11(3)10-16-13(12)17-14(18)15(4,5)6/h9-10H,7-8H2,1-6H3,(H,16,17,18). The van der Waals surface area contributed by atoms with Crippen molar-refractivity contribution in [1.29, 1.82) is 0 Å². The van der Waals surface area contributed by atoms with E-state index in [-0.39, 0.29) is 30.2 Å². The number of rotatable bonds is 6. The number of pyridine rings is 1. The maximum atomic E-state index is 13.0. The lowest BCUT2D eigenvalue weighted by Gasteiger charge is -2.22. The first kappa shape index (κ1) is 18.8. The largest absolute Gasteiger partial charge is 0.365 e. The van der Waals surface area contributed by atoms with Crippen molar-refractivity contribution in [3.63, 3.8) is 0 Å². The number of amides is 1. The van der Waals surface area contributed by atoms with Crippen molar-refractivity contribution in [2.75, 3.05) is 18.5 Å². The van der Waals surface area contributed by atoms with Crippen molar-refractivity contribution >= 4 is 24.6 Å². The molecule has 0 saturated carbocycles. The smallest absolute Gasteiger partial charge is 0.309 e. The molecule has 0 aliphatic heterocycles. The molecule has 6 nitrogen and oxygen atoms in total. The Morgan fingerprint density at radius 3 is 2.27 bits per heavy atom. The van der Waals surface area contributed by atoms with Crippen LogP contribution in [0.25, 0.3) is 0 Å². The third kappa shape index (κ3) is 4.63. The molecule has 1 aromatic heterocycles.